The third-order valence-electron chi connectivity index (χ3n) is 4.23. The minimum absolute atomic E-state index is 0.108. The molecule has 2 aliphatic carbocycles. The van der Waals surface area contributed by atoms with Crippen LogP contribution < -0.4 is 0 Å². The Bertz CT molecular complexity index is 395. The highest BCUT2D eigenvalue weighted by Gasteiger charge is 2.70. The molecule has 1 N–H and O–H groups in total. The molecule has 2 bridgehead atoms. The zero-order chi connectivity index (χ0) is 10.8. The van der Waals surface area contributed by atoms with E-state index in [2.05, 4.69) is 0 Å². The SMILES string of the molecule is CC1(C)[C@H]2CC[C@@]1(S(=O)(=O)O)C(=O)C2. The van der Waals surface area contributed by atoms with Crippen molar-refractivity contribution in [2.24, 2.45) is 11.3 Å². The lowest BCUT2D eigenvalue weighted by atomic mass is 9.81. The van der Waals surface area contributed by atoms with Crippen molar-refractivity contribution in [2.75, 3.05) is 0 Å². The topological polar surface area (TPSA) is 71.4 Å². The predicted octanol–water partition coefficient (Wildman–Crippen LogP) is 1.02. The fourth-order valence-electron chi connectivity index (χ4n) is 3.24. The van der Waals surface area contributed by atoms with Gasteiger partial charge >= 0.3 is 0 Å². The van der Waals surface area contributed by atoms with Gasteiger partial charge in [0.05, 0.1) is 0 Å². The van der Waals surface area contributed by atoms with E-state index in [0.29, 0.717) is 6.42 Å². The summed E-state index contributed by atoms with van der Waals surface area (Å²) in [6.07, 6.45) is 1.30. The van der Waals surface area contributed by atoms with Crippen LogP contribution in [0, 0.1) is 11.3 Å². The lowest BCUT2D eigenvalue weighted by Crippen LogP contribution is -2.50. The second-order valence-corrected chi connectivity index (χ2v) is 6.53. The Labute approximate surface area is 83.4 Å². The number of carbonyl (C=O) groups is 1. The molecule has 0 aromatic rings. The van der Waals surface area contributed by atoms with Crippen molar-refractivity contribution >= 4 is 15.9 Å². The van der Waals surface area contributed by atoms with E-state index in [9.17, 15) is 17.8 Å². The van der Waals surface area contributed by atoms with Crippen molar-refractivity contribution in [3.63, 3.8) is 0 Å². The summed E-state index contributed by atoms with van der Waals surface area (Å²) in [4.78, 5) is 11.7. The van der Waals surface area contributed by atoms with Crippen molar-refractivity contribution < 1.29 is 17.8 Å². The molecule has 2 fully saturated rings. The average Bonchev–Trinajstić information content (AvgIpc) is 2.34. The first-order valence-electron chi connectivity index (χ1n) is 4.74. The van der Waals surface area contributed by atoms with Gasteiger partial charge in [0.1, 0.15) is 0 Å². The number of fused-ring (bicyclic) bond motifs is 2. The summed E-state index contributed by atoms with van der Waals surface area (Å²) < 4.78 is 30.5. The van der Waals surface area contributed by atoms with Crippen LogP contribution in [0.2, 0.25) is 0 Å². The molecule has 0 aromatic carbocycles. The van der Waals surface area contributed by atoms with Gasteiger partial charge < -0.3 is 0 Å². The molecule has 0 spiro atoms. The minimum atomic E-state index is -4.28. The van der Waals surface area contributed by atoms with E-state index in [0.717, 1.165) is 6.42 Å². The summed E-state index contributed by atoms with van der Waals surface area (Å²) >= 11 is 0. The summed E-state index contributed by atoms with van der Waals surface area (Å²) in [5.74, 6) is -0.196. The smallest absolute Gasteiger partial charge is 0.278 e. The van der Waals surface area contributed by atoms with Crippen molar-refractivity contribution in [1.82, 2.24) is 0 Å². The number of hydrogen-bond acceptors (Lipinski definition) is 3. The minimum Gasteiger partial charge on any atom is -0.298 e. The van der Waals surface area contributed by atoms with Crippen LogP contribution in [0.25, 0.3) is 0 Å². The van der Waals surface area contributed by atoms with E-state index in [1.807, 2.05) is 0 Å². The van der Waals surface area contributed by atoms with Crippen LogP contribution in [0.15, 0.2) is 0 Å². The van der Waals surface area contributed by atoms with Crippen LogP contribution in [-0.2, 0) is 14.9 Å². The molecular weight excluding hydrogens is 204 g/mol. The molecule has 2 saturated carbocycles. The van der Waals surface area contributed by atoms with Crippen molar-refractivity contribution in [3.8, 4) is 0 Å². The number of hydrogen-bond donors (Lipinski definition) is 1. The fraction of sp³-hybridized carbons (Fsp3) is 0.889. The Hall–Kier alpha value is -0.420. The molecule has 0 aromatic heterocycles. The van der Waals surface area contributed by atoms with Crippen molar-refractivity contribution in [3.05, 3.63) is 0 Å². The van der Waals surface area contributed by atoms with E-state index >= 15 is 0 Å². The van der Waals surface area contributed by atoms with Gasteiger partial charge in [-0.2, -0.15) is 8.42 Å². The lowest BCUT2D eigenvalue weighted by Gasteiger charge is -2.32. The zero-order valence-electron chi connectivity index (χ0n) is 8.28. The first kappa shape index (κ1) is 10.1. The maximum Gasteiger partial charge on any atom is 0.278 e. The van der Waals surface area contributed by atoms with E-state index in [1.165, 1.54) is 0 Å². The lowest BCUT2D eigenvalue weighted by molar-refractivity contribution is -0.121. The van der Waals surface area contributed by atoms with Gasteiger partial charge in [0.15, 0.2) is 10.5 Å². The van der Waals surface area contributed by atoms with E-state index in [4.69, 9.17) is 0 Å². The van der Waals surface area contributed by atoms with Crippen molar-refractivity contribution in [1.29, 1.82) is 0 Å². The standard InChI is InChI=1S/C9H14O4S/c1-8(2)6-3-4-9(8,7(10)5-6)14(11,12)13/h6H,3-5H2,1-2H3,(H,11,12,13)/t6-,9+/m0/s1. The average molecular weight is 218 g/mol. The van der Waals surface area contributed by atoms with Crippen LogP contribution >= 0.6 is 0 Å². The third kappa shape index (κ3) is 0.827. The summed E-state index contributed by atoms with van der Waals surface area (Å²) in [5, 5.41) is 0. The van der Waals surface area contributed by atoms with Gasteiger partial charge in [-0.3, -0.25) is 9.35 Å². The molecule has 2 aliphatic rings. The predicted molar refractivity (Wildman–Crippen MR) is 50.4 cm³/mol. The molecule has 2 atom stereocenters. The first-order valence-corrected chi connectivity index (χ1v) is 6.18. The van der Waals surface area contributed by atoms with Gasteiger partial charge in [-0.25, -0.2) is 0 Å². The molecule has 0 heterocycles. The third-order valence-corrected chi connectivity index (χ3v) is 6.07. The Balaban J connectivity index is 2.68. The zero-order valence-corrected chi connectivity index (χ0v) is 9.10. The highest BCUT2D eigenvalue weighted by molar-refractivity contribution is 7.88. The molecule has 14 heavy (non-hydrogen) atoms. The van der Waals surface area contributed by atoms with Gasteiger partial charge in [0, 0.05) is 6.42 Å². The van der Waals surface area contributed by atoms with E-state index in [1.54, 1.807) is 13.8 Å². The van der Waals surface area contributed by atoms with E-state index in [-0.39, 0.29) is 18.1 Å². The summed E-state index contributed by atoms with van der Waals surface area (Å²) in [5.41, 5.74) is -0.613. The monoisotopic (exact) mass is 218 g/mol. The van der Waals surface area contributed by atoms with Crippen LogP contribution in [0.4, 0.5) is 0 Å². The molecule has 4 nitrogen and oxygen atoms in total. The molecule has 0 aliphatic heterocycles. The first-order chi connectivity index (χ1) is 6.23. The summed E-state index contributed by atoms with van der Waals surface area (Å²) in [7, 11) is -4.28. The number of carbonyl (C=O) groups excluding carboxylic acids is 1. The molecule has 2 rings (SSSR count). The van der Waals surface area contributed by atoms with E-state index < -0.39 is 20.3 Å². The molecule has 80 valence electrons. The Morgan fingerprint density at radius 2 is 2.00 bits per heavy atom. The number of rotatable bonds is 1. The largest absolute Gasteiger partial charge is 0.298 e. The number of ketones is 1. The van der Waals surface area contributed by atoms with Crippen LogP contribution in [0.3, 0.4) is 0 Å². The Morgan fingerprint density at radius 1 is 1.43 bits per heavy atom. The Kier molecular flexibility index (Phi) is 1.72. The van der Waals surface area contributed by atoms with Crippen LogP contribution in [0.1, 0.15) is 33.1 Å². The van der Waals surface area contributed by atoms with Crippen molar-refractivity contribution in [2.45, 2.75) is 37.9 Å². The maximum absolute atomic E-state index is 11.7. The van der Waals surface area contributed by atoms with Crippen LogP contribution in [-0.4, -0.2) is 23.5 Å². The maximum atomic E-state index is 11.7. The normalized spacial score (nSPS) is 40.5. The number of Topliss-reactive ketones (excluding diaryl/α,β-unsaturated/α-hetero) is 1. The van der Waals surface area contributed by atoms with Gasteiger partial charge in [0.2, 0.25) is 0 Å². The second-order valence-electron chi connectivity index (χ2n) is 4.89. The molecule has 0 saturated heterocycles. The Morgan fingerprint density at radius 3 is 2.21 bits per heavy atom. The highest BCUT2D eigenvalue weighted by Crippen LogP contribution is 2.61. The molecule has 0 radical (unpaired) electrons. The summed E-state index contributed by atoms with van der Waals surface area (Å²) in [6.45, 7) is 3.53. The molecule has 0 amide bonds. The summed E-state index contributed by atoms with van der Waals surface area (Å²) in [6, 6.07) is 0. The highest BCUT2D eigenvalue weighted by atomic mass is 32.2. The van der Waals surface area contributed by atoms with Gasteiger partial charge in [-0.15, -0.1) is 0 Å². The molecule has 5 heteroatoms. The van der Waals surface area contributed by atoms with Crippen LogP contribution in [0.5, 0.6) is 0 Å². The quantitative estimate of drug-likeness (QED) is 0.667. The van der Waals surface area contributed by atoms with Gasteiger partial charge in [-0.05, 0) is 24.2 Å². The fourth-order valence-corrected chi connectivity index (χ4v) is 4.82. The second kappa shape index (κ2) is 2.39. The molecular formula is C9H14O4S. The van der Waals surface area contributed by atoms with Gasteiger partial charge in [-0.1, -0.05) is 13.8 Å². The van der Waals surface area contributed by atoms with Gasteiger partial charge in [0.25, 0.3) is 10.1 Å². The molecule has 0 unspecified atom stereocenters.